The number of hydrogen-bond acceptors (Lipinski definition) is 2. The van der Waals surface area contributed by atoms with E-state index in [9.17, 15) is 0 Å². The summed E-state index contributed by atoms with van der Waals surface area (Å²) in [7, 11) is 0. The molecule has 1 heterocycles. The smallest absolute Gasteiger partial charge is 0.0487 e. The molecule has 0 bridgehead atoms. The number of hydrogen-bond donors (Lipinski definition) is 2. The number of rotatable bonds is 2. The van der Waals surface area contributed by atoms with Crippen molar-refractivity contribution in [2.75, 3.05) is 18.4 Å². The highest BCUT2D eigenvalue weighted by Crippen LogP contribution is 2.24. The summed E-state index contributed by atoms with van der Waals surface area (Å²) in [5.74, 6) is 0. The maximum atomic E-state index is 3.57. The summed E-state index contributed by atoms with van der Waals surface area (Å²) in [5, 5.41) is 6.87. The fraction of sp³-hybridized carbons (Fsp3) is 0.455. The molecule has 0 aromatic heterocycles. The van der Waals surface area contributed by atoms with Gasteiger partial charge in [-0.25, -0.2) is 0 Å². The van der Waals surface area contributed by atoms with E-state index in [1.165, 1.54) is 17.7 Å². The van der Waals surface area contributed by atoms with Crippen LogP contribution >= 0.6 is 15.9 Å². The van der Waals surface area contributed by atoms with E-state index in [4.69, 9.17) is 0 Å². The van der Waals surface area contributed by atoms with Crippen LogP contribution in [0.1, 0.15) is 12.0 Å². The van der Waals surface area contributed by atoms with Crippen molar-refractivity contribution < 1.29 is 0 Å². The molecule has 0 spiro atoms. The molecule has 76 valence electrons. The molecule has 0 saturated carbocycles. The zero-order chi connectivity index (χ0) is 9.97. The lowest BCUT2D eigenvalue weighted by Gasteiger charge is -2.14. The van der Waals surface area contributed by atoms with Gasteiger partial charge in [-0.05, 0) is 53.5 Å². The van der Waals surface area contributed by atoms with Crippen molar-refractivity contribution in [3.8, 4) is 0 Å². The average Bonchev–Trinajstić information content (AvgIpc) is 2.62. The molecule has 1 atom stereocenters. The number of benzene rings is 1. The van der Waals surface area contributed by atoms with E-state index in [-0.39, 0.29) is 0 Å². The molecule has 14 heavy (non-hydrogen) atoms. The molecule has 1 fully saturated rings. The van der Waals surface area contributed by atoms with Crippen LogP contribution in [0.5, 0.6) is 0 Å². The Labute approximate surface area is 93.2 Å². The highest BCUT2D eigenvalue weighted by molar-refractivity contribution is 9.10. The van der Waals surface area contributed by atoms with Crippen LogP contribution < -0.4 is 10.6 Å². The van der Waals surface area contributed by atoms with E-state index < -0.39 is 0 Å². The van der Waals surface area contributed by atoms with E-state index in [0.29, 0.717) is 6.04 Å². The lowest BCUT2D eigenvalue weighted by atomic mass is 10.2. The minimum Gasteiger partial charge on any atom is -0.380 e. The first-order valence-corrected chi connectivity index (χ1v) is 5.78. The fourth-order valence-corrected chi connectivity index (χ4v) is 2.34. The molecule has 2 rings (SSSR count). The topological polar surface area (TPSA) is 24.1 Å². The zero-order valence-corrected chi connectivity index (χ0v) is 9.89. The SMILES string of the molecule is Cc1ccc(NC2CCNC2)c(Br)c1. The highest BCUT2D eigenvalue weighted by Gasteiger charge is 2.14. The predicted molar refractivity (Wildman–Crippen MR) is 63.8 cm³/mol. The quantitative estimate of drug-likeness (QED) is 0.848. The van der Waals surface area contributed by atoms with Crippen LogP contribution in [0.15, 0.2) is 22.7 Å². The first-order valence-electron chi connectivity index (χ1n) is 4.99. The van der Waals surface area contributed by atoms with Gasteiger partial charge in [-0.2, -0.15) is 0 Å². The Morgan fingerprint density at radius 2 is 2.36 bits per heavy atom. The first-order chi connectivity index (χ1) is 6.75. The first kappa shape index (κ1) is 9.99. The molecule has 1 aromatic carbocycles. The Morgan fingerprint density at radius 3 is 3.00 bits per heavy atom. The van der Waals surface area contributed by atoms with Gasteiger partial charge in [-0.3, -0.25) is 0 Å². The normalized spacial score (nSPS) is 21.1. The third-order valence-electron chi connectivity index (χ3n) is 2.54. The molecule has 2 nitrogen and oxygen atoms in total. The molecular formula is C11H15BrN2. The van der Waals surface area contributed by atoms with Crippen molar-refractivity contribution in [1.82, 2.24) is 5.32 Å². The van der Waals surface area contributed by atoms with Gasteiger partial charge < -0.3 is 10.6 Å². The van der Waals surface area contributed by atoms with E-state index in [0.717, 1.165) is 17.6 Å². The number of nitrogens with one attached hydrogen (secondary N) is 2. The molecule has 0 radical (unpaired) electrons. The molecule has 1 aromatic rings. The molecule has 3 heteroatoms. The highest BCUT2D eigenvalue weighted by atomic mass is 79.9. The van der Waals surface area contributed by atoms with Gasteiger partial charge in [-0.15, -0.1) is 0 Å². The van der Waals surface area contributed by atoms with Gasteiger partial charge in [0.2, 0.25) is 0 Å². The van der Waals surface area contributed by atoms with Crippen LogP contribution in [0.25, 0.3) is 0 Å². The fourth-order valence-electron chi connectivity index (χ4n) is 1.73. The van der Waals surface area contributed by atoms with Crippen molar-refractivity contribution in [3.05, 3.63) is 28.2 Å². The Morgan fingerprint density at radius 1 is 1.50 bits per heavy atom. The molecule has 0 aliphatic carbocycles. The molecule has 1 unspecified atom stereocenters. The van der Waals surface area contributed by atoms with Gasteiger partial charge >= 0.3 is 0 Å². The van der Waals surface area contributed by atoms with Gasteiger partial charge in [0.25, 0.3) is 0 Å². The van der Waals surface area contributed by atoms with E-state index in [1.54, 1.807) is 0 Å². The largest absolute Gasteiger partial charge is 0.380 e. The predicted octanol–water partition coefficient (Wildman–Crippen LogP) is 2.53. The van der Waals surface area contributed by atoms with Crippen molar-refractivity contribution >= 4 is 21.6 Å². The third-order valence-corrected chi connectivity index (χ3v) is 3.20. The average molecular weight is 255 g/mol. The summed E-state index contributed by atoms with van der Waals surface area (Å²) < 4.78 is 1.16. The second-order valence-corrected chi connectivity index (χ2v) is 4.67. The summed E-state index contributed by atoms with van der Waals surface area (Å²) in [6.07, 6.45) is 1.21. The Hall–Kier alpha value is -0.540. The van der Waals surface area contributed by atoms with Crippen molar-refractivity contribution in [3.63, 3.8) is 0 Å². The summed E-state index contributed by atoms with van der Waals surface area (Å²) >= 11 is 3.57. The maximum absolute atomic E-state index is 3.57. The molecule has 2 N–H and O–H groups in total. The van der Waals surface area contributed by atoms with Crippen molar-refractivity contribution in [1.29, 1.82) is 0 Å². The zero-order valence-electron chi connectivity index (χ0n) is 8.31. The van der Waals surface area contributed by atoms with Gasteiger partial charge in [-0.1, -0.05) is 6.07 Å². The maximum Gasteiger partial charge on any atom is 0.0487 e. The number of anilines is 1. The standard InChI is InChI=1S/C11H15BrN2/c1-8-2-3-11(10(12)6-8)14-9-4-5-13-7-9/h2-3,6,9,13-14H,4-5,7H2,1H3. The molecular weight excluding hydrogens is 240 g/mol. The van der Waals surface area contributed by atoms with Crippen molar-refractivity contribution in [2.45, 2.75) is 19.4 Å². The lowest BCUT2D eigenvalue weighted by Crippen LogP contribution is -2.22. The number of aryl methyl sites for hydroxylation is 1. The van der Waals surface area contributed by atoms with E-state index >= 15 is 0 Å². The van der Waals surface area contributed by atoms with Gasteiger partial charge in [0.15, 0.2) is 0 Å². The van der Waals surface area contributed by atoms with Gasteiger partial charge in [0, 0.05) is 22.7 Å². The van der Waals surface area contributed by atoms with Crippen LogP contribution in [-0.4, -0.2) is 19.1 Å². The summed E-state index contributed by atoms with van der Waals surface area (Å²) in [6.45, 7) is 4.30. The summed E-state index contributed by atoms with van der Waals surface area (Å²) in [6, 6.07) is 6.99. The number of halogens is 1. The van der Waals surface area contributed by atoms with Crippen LogP contribution in [-0.2, 0) is 0 Å². The van der Waals surface area contributed by atoms with Gasteiger partial charge in [0.1, 0.15) is 0 Å². The second-order valence-electron chi connectivity index (χ2n) is 3.82. The van der Waals surface area contributed by atoms with Crippen LogP contribution in [0.2, 0.25) is 0 Å². The van der Waals surface area contributed by atoms with E-state index in [1.807, 2.05) is 0 Å². The van der Waals surface area contributed by atoms with E-state index in [2.05, 4.69) is 51.7 Å². The Bertz CT molecular complexity index is 319. The van der Waals surface area contributed by atoms with Gasteiger partial charge in [0.05, 0.1) is 0 Å². The van der Waals surface area contributed by atoms with Crippen LogP contribution in [0, 0.1) is 6.92 Å². The third kappa shape index (κ3) is 2.28. The molecule has 1 aliphatic rings. The summed E-state index contributed by atoms with van der Waals surface area (Å²) in [5.41, 5.74) is 2.48. The molecule has 1 aliphatic heterocycles. The molecule has 1 saturated heterocycles. The minimum absolute atomic E-state index is 0.578. The Balaban J connectivity index is 2.08. The Kier molecular flexibility index (Phi) is 3.08. The minimum atomic E-state index is 0.578. The monoisotopic (exact) mass is 254 g/mol. The van der Waals surface area contributed by atoms with Crippen LogP contribution in [0.4, 0.5) is 5.69 Å². The lowest BCUT2D eigenvalue weighted by molar-refractivity contribution is 0.792. The van der Waals surface area contributed by atoms with Crippen molar-refractivity contribution in [2.24, 2.45) is 0 Å². The van der Waals surface area contributed by atoms with Crippen LogP contribution in [0.3, 0.4) is 0 Å². The second kappa shape index (κ2) is 4.32. The molecule has 0 amide bonds. The summed E-state index contributed by atoms with van der Waals surface area (Å²) in [4.78, 5) is 0.